The summed E-state index contributed by atoms with van der Waals surface area (Å²) >= 11 is 5.92. The molecule has 1 aliphatic heterocycles. The van der Waals surface area contributed by atoms with Crippen LogP contribution in [0, 0.1) is 5.95 Å². The molecule has 2 unspecified atom stereocenters. The first-order chi connectivity index (χ1) is 15.5. The maximum Gasteiger partial charge on any atom is 0.319 e. The van der Waals surface area contributed by atoms with E-state index in [0.717, 1.165) is 17.0 Å². The summed E-state index contributed by atoms with van der Waals surface area (Å²) in [6.45, 7) is 1.31. The minimum absolute atomic E-state index is 0.00171. The van der Waals surface area contributed by atoms with E-state index in [1.165, 1.54) is 12.3 Å². The van der Waals surface area contributed by atoms with Gasteiger partial charge in [0.25, 0.3) is 0 Å². The monoisotopic (exact) mass is 454 g/mol. The number of nitrogens with one attached hydrogen (secondary N) is 2. The quantitative estimate of drug-likeness (QED) is 0.528. The maximum absolute atomic E-state index is 13.7. The number of ether oxygens (including phenoxy) is 1. The molecular formula is C24H24ClFN4O2. The van der Waals surface area contributed by atoms with Gasteiger partial charge in [-0.25, -0.2) is 9.78 Å². The van der Waals surface area contributed by atoms with Crippen molar-refractivity contribution in [3.05, 3.63) is 83.4 Å². The van der Waals surface area contributed by atoms with Crippen LogP contribution < -0.4 is 20.3 Å². The second-order valence-electron chi connectivity index (χ2n) is 7.66. The van der Waals surface area contributed by atoms with Crippen molar-refractivity contribution in [2.24, 2.45) is 0 Å². The molecule has 2 aromatic carbocycles. The topological polar surface area (TPSA) is 66.5 Å². The number of piperidine rings is 1. The molecule has 1 aromatic heterocycles. The lowest BCUT2D eigenvalue weighted by atomic mass is 9.85. The van der Waals surface area contributed by atoms with Crippen LogP contribution in [0.15, 0.2) is 66.9 Å². The van der Waals surface area contributed by atoms with Crippen molar-refractivity contribution in [1.82, 2.24) is 10.3 Å². The van der Waals surface area contributed by atoms with Gasteiger partial charge in [0.15, 0.2) is 0 Å². The Bertz CT molecular complexity index is 1060. The van der Waals surface area contributed by atoms with Gasteiger partial charge in [0.1, 0.15) is 5.75 Å². The average molecular weight is 455 g/mol. The summed E-state index contributed by atoms with van der Waals surface area (Å²) in [7, 11) is 1.63. The number of hydrogen-bond donors (Lipinski definition) is 2. The smallest absolute Gasteiger partial charge is 0.319 e. The number of methoxy groups -OCH3 is 1. The van der Waals surface area contributed by atoms with Gasteiger partial charge in [0.2, 0.25) is 5.95 Å². The third kappa shape index (κ3) is 5.29. The molecule has 1 fully saturated rings. The van der Waals surface area contributed by atoms with Crippen molar-refractivity contribution in [2.45, 2.75) is 18.4 Å². The standard InChI is InChI=1S/C24H24ClFN4O2/c1-32-20-8-2-16(3-9-20)21-15-30(19-10-12-27-23(26)14-19)13-11-22(21)29-24(31)28-18-6-4-17(25)5-7-18/h2-10,12,14,21-22H,11,13,15H2,1H3,(H2,28,29,31). The second-order valence-corrected chi connectivity index (χ2v) is 8.10. The molecule has 1 aliphatic rings. The van der Waals surface area contributed by atoms with Gasteiger partial charge in [0, 0.05) is 53.7 Å². The minimum Gasteiger partial charge on any atom is -0.497 e. The molecule has 2 N–H and O–H groups in total. The van der Waals surface area contributed by atoms with Crippen LogP contribution in [0.3, 0.4) is 0 Å². The molecule has 0 radical (unpaired) electrons. The SMILES string of the molecule is COc1ccc(C2CN(c3ccnc(F)c3)CCC2NC(=O)Nc2ccc(Cl)cc2)cc1. The first-order valence-corrected chi connectivity index (χ1v) is 10.7. The largest absolute Gasteiger partial charge is 0.497 e. The molecule has 32 heavy (non-hydrogen) atoms. The highest BCUT2D eigenvalue weighted by molar-refractivity contribution is 6.30. The normalized spacial score (nSPS) is 18.2. The van der Waals surface area contributed by atoms with Crippen LogP contribution in [0.5, 0.6) is 5.75 Å². The number of benzene rings is 2. The highest BCUT2D eigenvalue weighted by atomic mass is 35.5. The number of anilines is 2. The Kier molecular flexibility index (Phi) is 6.75. The zero-order valence-corrected chi connectivity index (χ0v) is 18.3. The lowest BCUT2D eigenvalue weighted by Gasteiger charge is -2.40. The fourth-order valence-electron chi connectivity index (χ4n) is 4.01. The van der Waals surface area contributed by atoms with Crippen molar-refractivity contribution in [3.63, 3.8) is 0 Å². The molecule has 0 bridgehead atoms. The summed E-state index contributed by atoms with van der Waals surface area (Å²) < 4.78 is 19.0. The van der Waals surface area contributed by atoms with E-state index in [1.54, 1.807) is 37.4 Å². The van der Waals surface area contributed by atoms with E-state index < -0.39 is 5.95 Å². The van der Waals surface area contributed by atoms with Crippen molar-refractivity contribution in [2.75, 3.05) is 30.4 Å². The number of halogens is 2. The molecule has 4 rings (SSSR count). The van der Waals surface area contributed by atoms with Gasteiger partial charge in [-0.05, 0) is 54.4 Å². The molecule has 3 aromatic rings. The van der Waals surface area contributed by atoms with Crippen LogP contribution in [-0.4, -0.2) is 37.3 Å². The van der Waals surface area contributed by atoms with Crippen LogP contribution in [0.25, 0.3) is 0 Å². The predicted molar refractivity (Wildman–Crippen MR) is 124 cm³/mol. The molecule has 0 spiro atoms. The first-order valence-electron chi connectivity index (χ1n) is 10.4. The van der Waals surface area contributed by atoms with Gasteiger partial charge in [-0.1, -0.05) is 23.7 Å². The van der Waals surface area contributed by atoms with Gasteiger partial charge < -0.3 is 20.3 Å². The highest BCUT2D eigenvalue weighted by Crippen LogP contribution is 2.31. The molecule has 166 valence electrons. The fourth-order valence-corrected chi connectivity index (χ4v) is 4.13. The van der Waals surface area contributed by atoms with E-state index in [1.807, 2.05) is 24.3 Å². The van der Waals surface area contributed by atoms with E-state index in [2.05, 4.69) is 20.5 Å². The van der Waals surface area contributed by atoms with E-state index in [9.17, 15) is 9.18 Å². The van der Waals surface area contributed by atoms with Gasteiger partial charge in [-0.15, -0.1) is 0 Å². The van der Waals surface area contributed by atoms with Gasteiger partial charge >= 0.3 is 6.03 Å². The van der Waals surface area contributed by atoms with Crippen LogP contribution in [-0.2, 0) is 0 Å². The number of carbonyl (C=O) groups is 1. The van der Waals surface area contributed by atoms with Crippen molar-refractivity contribution < 1.29 is 13.9 Å². The summed E-state index contributed by atoms with van der Waals surface area (Å²) in [5, 5.41) is 6.58. The molecule has 2 atom stereocenters. The summed E-state index contributed by atoms with van der Waals surface area (Å²) in [5.41, 5.74) is 2.51. The Hall–Kier alpha value is -3.32. The predicted octanol–water partition coefficient (Wildman–Crippen LogP) is 5.07. The Balaban J connectivity index is 1.52. The van der Waals surface area contributed by atoms with Crippen LogP contribution in [0.2, 0.25) is 5.02 Å². The fraction of sp³-hybridized carbons (Fsp3) is 0.250. The number of nitrogens with zero attached hydrogens (tertiary/aromatic N) is 2. The number of amides is 2. The Morgan fingerprint density at radius 3 is 2.59 bits per heavy atom. The Labute approximate surface area is 191 Å². The summed E-state index contributed by atoms with van der Waals surface area (Å²) in [6, 6.07) is 17.6. The van der Waals surface area contributed by atoms with Crippen LogP contribution in [0.4, 0.5) is 20.6 Å². The molecule has 6 nitrogen and oxygen atoms in total. The third-order valence-corrected chi connectivity index (χ3v) is 5.90. The van der Waals surface area contributed by atoms with Crippen molar-refractivity contribution >= 4 is 29.0 Å². The van der Waals surface area contributed by atoms with Crippen molar-refractivity contribution in [1.29, 1.82) is 0 Å². The van der Waals surface area contributed by atoms with E-state index >= 15 is 0 Å². The van der Waals surface area contributed by atoms with Crippen LogP contribution >= 0.6 is 11.6 Å². The lowest BCUT2D eigenvalue weighted by molar-refractivity contribution is 0.243. The van der Waals surface area contributed by atoms with Crippen LogP contribution in [0.1, 0.15) is 17.9 Å². The maximum atomic E-state index is 13.7. The van der Waals surface area contributed by atoms with Gasteiger partial charge in [-0.3, -0.25) is 0 Å². The Morgan fingerprint density at radius 1 is 1.16 bits per heavy atom. The number of urea groups is 1. The number of carbonyl (C=O) groups excluding carboxylic acids is 1. The van der Waals surface area contributed by atoms with Gasteiger partial charge in [0.05, 0.1) is 7.11 Å². The minimum atomic E-state index is -0.508. The highest BCUT2D eigenvalue weighted by Gasteiger charge is 2.32. The third-order valence-electron chi connectivity index (χ3n) is 5.65. The molecule has 2 heterocycles. The van der Waals surface area contributed by atoms with E-state index in [-0.39, 0.29) is 18.0 Å². The zero-order chi connectivity index (χ0) is 22.5. The zero-order valence-electron chi connectivity index (χ0n) is 17.6. The molecular weight excluding hydrogens is 431 g/mol. The van der Waals surface area contributed by atoms with Gasteiger partial charge in [-0.2, -0.15) is 4.39 Å². The lowest BCUT2D eigenvalue weighted by Crippen LogP contribution is -2.50. The summed E-state index contributed by atoms with van der Waals surface area (Å²) in [4.78, 5) is 18.5. The van der Waals surface area contributed by atoms with Crippen molar-refractivity contribution in [3.8, 4) is 5.75 Å². The number of pyridine rings is 1. The Morgan fingerprint density at radius 2 is 1.91 bits per heavy atom. The number of hydrogen-bond acceptors (Lipinski definition) is 4. The molecule has 1 saturated heterocycles. The first kappa shape index (κ1) is 21.9. The number of rotatable bonds is 5. The molecule has 0 saturated carbocycles. The summed E-state index contributed by atoms with van der Waals surface area (Å²) in [5.74, 6) is 0.260. The molecule has 0 aliphatic carbocycles. The average Bonchev–Trinajstić information content (AvgIpc) is 2.81. The summed E-state index contributed by atoms with van der Waals surface area (Å²) in [6.07, 6.45) is 2.17. The van der Waals surface area contributed by atoms with E-state index in [0.29, 0.717) is 30.2 Å². The number of aromatic nitrogens is 1. The van der Waals surface area contributed by atoms with E-state index in [4.69, 9.17) is 16.3 Å². The molecule has 8 heteroatoms. The molecule has 2 amide bonds. The second kappa shape index (κ2) is 9.87.